The van der Waals surface area contributed by atoms with Crippen molar-refractivity contribution in [2.45, 2.75) is 11.0 Å². The number of thioether (sulfide) groups is 1. The summed E-state index contributed by atoms with van der Waals surface area (Å²) in [6.45, 7) is 0.770. The molecular formula is C13H15NO4S. The predicted octanol–water partition coefficient (Wildman–Crippen LogP) is 1.33. The first kappa shape index (κ1) is 13.9. The minimum Gasteiger partial charge on any atom is -0.479 e. The zero-order valence-corrected chi connectivity index (χ0v) is 11.4. The Balaban J connectivity index is 2.17. The normalized spacial score (nSPS) is 19.2. The van der Waals surface area contributed by atoms with E-state index in [2.05, 4.69) is 0 Å². The highest BCUT2D eigenvalue weighted by atomic mass is 32.2. The van der Waals surface area contributed by atoms with E-state index in [0.29, 0.717) is 12.1 Å². The second-order valence-corrected chi connectivity index (χ2v) is 5.00. The van der Waals surface area contributed by atoms with Crippen LogP contribution in [0.3, 0.4) is 0 Å². The van der Waals surface area contributed by atoms with Gasteiger partial charge >= 0.3 is 5.97 Å². The van der Waals surface area contributed by atoms with Crippen molar-refractivity contribution >= 4 is 23.6 Å². The molecule has 5 nitrogen and oxygen atoms in total. The maximum absolute atomic E-state index is 12.4. The molecule has 1 aliphatic heterocycles. The molecule has 19 heavy (non-hydrogen) atoms. The lowest BCUT2D eigenvalue weighted by molar-refractivity contribution is -0.154. The Labute approximate surface area is 115 Å². The van der Waals surface area contributed by atoms with Gasteiger partial charge in [-0.2, -0.15) is 0 Å². The van der Waals surface area contributed by atoms with Crippen molar-refractivity contribution in [2.24, 2.45) is 0 Å². The average molecular weight is 281 g/mol. The van der Waals surface area contributed by atoms with E-state index in [9.17, 15) is 9.59 Å². The molecule has 102 valence electrons. The lowest BCUT2D eigenvalue weighted by Gasteiger charge is -2.31. The standard InChI is InChI=1S/C13H15NO4S/c1-19-11-5-3-2-4-9(11)12(15)14-6-7-18-10(8-14)13(16)17/h2-5,10H,6-8H2,1H3,(H,16,17). The number of carboxylic acids is 1. The van der Waals surface area contributed by atoms with Gasteiger partial charge in [-0.1, -0.05) is 12.1 Å². The number of amides is 1. The first-order valence-corrected chi connectivity index (χ1v) is 7.12. The number of nitrogens with zero attached hydrogens (tertiary/aromatic N) is 1. The van der Waals surface area contributed by atoms with Gasteiger partial charge in [-0.25, -0.2) is 4.79 Å². The number of rotatable bonds is 3. The Bertz CT molecular complexity index is 491. The summed E-state index contributed by atoms with van der Waals surface area (Å²) >= 11 is 1.50. The quantitative estimate of drug-likeness (QED) is 0.847. The van der Waals surface area contributed by atoms with Gasteiger partial charge in [0.2, 0.25) is 0 Å². The highest BCUT2D eigenvalue weighted by Crippen LogP contribution is 2.22. The topological polar surface area (TPSA) is 66.8 Å². The number of hydrogen-bond acceptors (Lipinski definition) is 4. The van der Waals surface area contributed by atoms with Gasteiger partial charge in [-0.15, -0.1) is 11.8 Å². The van der Waals surface area contributed by atoms with E-state index in [4.69, 9.17) is 9.84 Å². The van der Waals surface area contributed by atoms with E-state index in [-0.39, 0.29) is 19.1 Å². The van der Waals surface area contributed by atoms with Crippen LogP contribution in [0.25, 0.3) is 0 Å². The summed E-state index contributed by atoms with van der Waals surface area (Å²) in [6, 6.07) is 7.33. The van der Waals surface area contributed by atoms with Gasteiger partial charge < -0.3 is 14.7 Å². The van der Waals surface area contributed by atoms with Crippen molar-refractivity contribution in [1.29, 1.82) is 0 Å². The molecule has 1 amide bonds. The van der Waals surface area contributed by atoms with Gasteiger partial charge in [0, 0.05) is 11.4 Å². The van der Waals surface area contributed by atoms with Crippen LogP contribution in [0.1, 0.15) is 10.4 Å². The van der Waals surface area contributed by atoms with Crippen molar-refractivity contribution < 1.29 is 19.4 Å². The molecule has 1 unspecified atom stereocenters. The Morgan fingerprint density at radius 2 is 2.16 bits per heavy atom. The van der Waals surface area contributed by atoms with Gasteiger partial charge in [0.05, 0.1) is 18.7 Å². The number of hydrogen-bond donors (Lipinski definition) is 1. The van der Waals surface area contributed by atoms with E-state index in [1.165, 1.54) is 16.7 Å². The Kier molecular flexibility index (Phi) is 4.44. The van der Waals surface area contributed by atoms with Crippen LogP contribution in [0.2, 0.25) is 0 Å². The number of carboxylic acid groups (broad SMARTS) is 1. The molecule has 1 aromatic rings. The minimum absolute atomic E-state index is 0.0941. The summed E-state index contributed by atoms with van der Waals surface area (Å²) in [4.78, 5) is 25.8. The zero-order chi connectivity index (χ0) is 13.8. The number of benzene rings is 1. The van der Waals surface area contributed by atoms with E-state index in [0.717, 1.165) is 4.90 Å². The minimum atomic E-state index is -1.03. The van der Waals surface area contributed by atoms with Crippen LogP contribution in [-0.2, 0) is 9.53 Å². The number of ether oxygens (including phenoxy) is 1. The summed E-state index contributed by atoms with van der Waals surface area (Å²) in [5.74, 6) is -1.17. The third-order valence-corrected chi connectivity index (χ3v) is 3.76. The van der Waals surface area contributed by atoms with Crippen molar-refractivity contribution in [2.75, 3.05) is 26.0 Å². The molecule has 1 aliphatic rings. The molecular weight excluding hydrogens is 266 g/mol. The Hall–Kier alpha value is -1.53. The second-order valence-electron chi connectivity index (χ2n) is 4.15. The lowest BCUT2D eigenvalue weighted by Crippen LogP contribution is -2.48. The first-order valence-electron chi connectivity index (χ1n) is 5.90. The summed E-state index contributed by atoms with van der Waals surface area (Å²) in [5, 5.41) is 8.94. The lowest BCUT2D eigenvalue weighted by atomic mass is 10.1. The molecule has 0 saturated carbocycles. The van der Waals surface area contributed by atoms with Crippen LogP contribution >= 0.6 is 11.8 Å². The molecule has 2 rings (SSSR count). The van der Waals surface area contributed by atoms with Crippen LogP contribution < -0.4 is 0 Å². The monoisotopic (exact) mass is 281 g/mol. The first-order chi connectivity index (χ1) is 9.13. The molecule has 0 radical (unpaired) electrons. The molecule has 1 saturated heterocycles. The number of carbonyl (C=O) groups is 2. The number of morpholine rings is 1. The van der Waals surface area contributed by atoms with Gasteiger partial charge in [-0.05, 0) is 18.4 Å². The highest BCUT2D eigenvalue weighted by Gasteiger charge is 2.30. The largest absolute Gasteiger partial charge is 0.479 e. The Morgan fingerprint density at radius 1 is 1.42 bits per heavy atom. The fourth-order valence-electron chi connectivity index (χ4n) is 1.97. The molecule has 1 fully saturated rings. The molecule has 1 N–H and O–H groups in total. The molecule has 6 heteroatoms. The molecule has 1 atom stereocenters. The molecule has 0 aromatic heterocycles. The summed E-state index contributed by atoms with van der Waals surface area (Å²) in [6.07, 6.45) is 0.977. The van der Waals surface area contributed by atoms with E-state index < -0.39 is 12.1 Å². The van der Waals surface area contributed by atoms with Crippen LogP contribution in [0, 0.1) is 0 Å². The average Bonchev–Trinajstić information content (AvgIpc) is 2.46. The van der Waals surface area contributed by atoms with Crippen LogP contribution in [0.4, 0.5) is 0 Å². The van der Waals surface area contributed by atoms with Crippen LogP contribution in [0.5, 0.6) is 0 Å². The van der Waals surface area contributed by atoms with Crippen LogP contribution in [0.15, 0.2) is 29.2 Å². The maximum atomic E-state index is 12.4. The van der Waals surface area contributed by atoms with Gasteiger partial charge in [-0.3, -0.25) is 4.79 Å². The van der Waals surface area contributed by atoms with E-state index >= 15 is 0 Å². The summed E-state index contributed by atoms with van der Waals surface area (Å²) in [5.41, 5.74) is 0.612. The summed E-state index contributed by atoms with van der Waals surface area (Å²) < 4.78 is 5.11. The molecule has 0 bridgehead atoms. The second kappa shape index (κ2) is 6.08. The SMILES string of the molecule is CSc1ccccc1C(=O)N1CCOC(C(=O)O)C1. The predicted molar refractivity (Wildman–Crippen MR) is 71.5 cm³/mol. The maximum Gasteiger partial charge on any atom is 0.334 e. The van der Waals surface area contributed by atoms with Gasteiger partial charge in [0.15, 0.2) is 6.10 Å². The van der Waals surface area contributed by atoms with Crippen molar-refractivity contribution in [1.82, 2.24) is 4.90 Å². The van der Waals surface area contributed by atoms with Crippen molar-refractivity contribution in [3.63, 3.8) is 0 Å². The zero-order valence-electron chi connectivity index (χ0n) is 10.5. The van der Waals surface area contributed by atoms with Crippen molar-refractivity contribution in [3.8, 4) is 0 Å². The smallest absolute Gasteiger partial charge is 0.334 e. The Morgan fingerprint density at radius 3 is 2.84 bits per heavy atom. The molecule has 1 aromatic carbocycles. The summed E-state index contributed by atoms with van der Waals surface area (Å²) in [7, 11) is 0. The fourth-order valence-corrected chi connectivity index (χ4v) is 2.56. The van der Waals surface area contributed by atoms with E-state index in [1.807, 2.05) is 24.5 Å². The van der Waals surface area contributed by atoms with Gasteiger partial charge in [0.1, 0.15) is 0 Å². The van der Waals surface area contributed by atoms with Crippen molar-refractivity contribution in [3.05, 3.63) is 29.8 Å². The van der Waals surface area contributed by atoms with E-state index in [1.54, 1.807) is 6.07 Å². The third kappa shape index (κ3) is 3.08. The van der Waals surface area contributed by atoms with Gasteiger partial charge in [0.25, 0.3) is 5.91 Å². The number of carbonyl (C=O) groups excluding carboxylic acids is 1. The fraction of sp³-hybridized carbons (Fsp3) is 0.385. The third-order valence-electron chi connectivity index (χ3n) is 2.97. The van der Waals surface area contributed by atoms with Crippen LogP contribution in [-0.4, -0.2) is 53.9 Å². The molecule has 0 aliphatic carbocycles. The molecule has 1 heterocycles. The number of aliphatic carboxylic acids is 1. The highest BCUT2D eigenvalue weighted by molar-refractivity contribution is 7.98. The molecule has 0 spiro atoms.